The van der Waals surface area contributed by atoms with Gasteiger partial charge >= 0.3 is 17.6 Å². The molecule has 0 radical (unpaired) electrons. The van der Waals surface area contributed by atoms with Gasteiger partial charge in [-0.3, -0.25) is 24.3 Å². The Labute approximate surface area is 359 Å². The summed E-state index contributed by atoms with van der Waals surface area (Å²) in [6.45, 7) is 10.4. The van der Waals surface area contributed by atoms with Gasteiger partial charge in [-0.25, -0.2) is 19.1 Å². The number of hydrogen-bond donors (Lipinski definition) is 1. The lowest BCUT2D eigenvalue weighted by Crippen LogP contribution is -2.46. The molecule has 1 fully saturated rings. The molecule has 0 saturated carbocycles. The van der Waals surface area contributed by atoms with Crippen LogP contribution in [0, 0.1) is 10.1 Å². The number of nitro benzene ring substituents is 1. The third-order valence-corrected chi connectivity index (χ3v) is 10.9. The van der Waals surface area contributed by atoms with E-state index in [9.17, 15) is 24.5 Å². The maximum absolute atomic E-state index is 13.3. The summed E-state index contributed by atoms with van der Waals surface area (Å²) in [6, 6.07) is 29.5. The molecular formula is C45H51ClN8O7. The summed E-state index contributed by atoms with van der Waals surface area (Å²) in [5, 5.41) is 19.6. The number of anilines is 1. The number of fused-ring (bicyclic) bond motifs is 1. The summed E-state index contributed by atoms with van der Waals surface area (Å²) in [5.41, 5.74) is 4.68. The number of likely N-dealkylation sites (N-methyl/N-ethyl adjacent to an activating group) is 1. The second-order valence-corrected chi connectivity index (χ2v) is 15.4. The summed E-state index contributed by atoms with van der Waals surface area (Å²) in [6.07, 6.45) is 2.68. The van der Waals surface area contributed by atoms with E-state index >= 15 is 0 Å². The SMILES string of the molecule is COC(=O)C1=C(C)NC(C)=C(C(=O)OCCN(C)Cc2ccccc2)C1c1cccc([N+](=O)[O-])c1.O=c1n(CCCN2CCN(c3cccc(Cl)c3)CC2)nc2ccccn12. The number of nitro groups is 1. The van der Waals surface area contributed by atoms with Gasteiger partial charge in [0, 0.05) is 92.8 Å². The molecule has 3 aromatic carbocycles. The highest BCUT2D eigenvalue weighted by Crippen LogP contribution is 2.40. The van der Waals surface area contributed by atoms with Crippen molar-refractivity contribution in [3.63, 3.8) is 0 Å². The van der Waals surface area contributed by atoms with Gasteiger partial charge in [-0.05, 0) is 68.8 Å². The van der Waals surface area contributed by atoms with Crippen LogP contribution in [-0.2, 0) is 32.2 Å². The Morgan fingerprint density at radius 2 is 1.61 bits per heavy atom. The smallest absolute Gasteiger partial charge is 0.350 e. The fourth-order valence-electron chi connectivity index (χ4n) is 7.60. The molecule has 16 heteroatoms. The number of esters is 2. The monoisotopic (exact) mass is 850 g/mol. The molecule has 2 aliphatic heterocycles. The molecular weight excluding hydrogens is 800 g/mol. The molecule has 15 nitrogen and oxygen atoms in total. The minimum absolute atomic E-state index is 0.0635. The first-order chi connectivity index (χ1) is 29.4. The van der Waals surface area contributed by atoms with E-state index in [1.807, 2.05) is 78.7 Å². The van der Waals surface area contributed by atoms with Crippen molar-refractivity contribution in [2.24, 2.45) is 0 Å². The number of aryl methyl sites for hydroxylation is 1. The van der Waals surface area contributed by atoms with Crippen LogP contribution in [0.3, 0.4) is 0 Å². The minimum Gasteiger partial charge on any atom is -0.466 e. The molecule has 1 atom stereocenters. The number of carbonyl (C=O) groups excluding carboxylic acids is 2. The summed E-state index contributed by atoms with van der Waals surface area (Å²) in [4.78, 5) is 55.9. The first-order valence-corrected chi connectivity index (χ1v) is 20.5. The first-order valence-electron chi connectivity index (χ1n) is 20.1. The molecule has 5 aromatic rings. The lowest BCUT2D eigenvalue weighted by Gasteiger charge is -2.36. The lowest BCUT2D eigenvalue weighted by molar-refractivity contribution is -0.384. The average molecular weight is 851 g/mol. The summed E-state index contributed by atoms with van der Waals surface area (Å²) in [7, 11) is 3.18. The normalized spacial score (nSPS) is 15.6. The first kappa shape index (κ1) is 44.3. The number of aromatic nitrogens is 3. The number of nitrogens with zero attached hydrogens (tertiary/aromatic N) is 7. The average Bonchev–Trinajstić information content (AvgIpc) is 3.58. The van der Waals surface area contributed by atoms with E-state index in [0.29, 0.717) is 42.2 Å². The topological polar surface area (TPSA) is 157 Å². The number of halogens is 1. The van der Waals surface area contributed by atoms with Crippen LogP contribution in [0.1, 0.15) is 37.3 Å². The van der Waals surface area contributed by atoms with E-state index in [1.54, 1.807) is 35.2 Å². The molecule has 0 bridgehead atoms. The van der Waals surface area contributed by atoms with Crippen LogP contribution in [0.15, 0.2) is 131 Å². The zero-order chi connectivity index (χ0) is 43.5. The summed E-state index contributed by atoms with van der Waals surface area (Å²) >= 11 is 6.09. The second kappa shape index (κ2) is 20.8. The van der Waals surface area contributed by atoms with E-state index in [2.05, 4.69) is 26.3 Å². The zero-order valence-electron chi connectivity index (χ0n) is 34.8. The Bertz CT molecular complexity index is 2460. The summed E-state index contributed by atoms with van der Waals surface area (Å²) < 4.78 is 13.7. The highest BCUT2D eigenvalue weighted by molar-refractivity contribution is 6.30. The van der Waals surface area contributed by atoms with Crippen LogP contribution >= 0.6 is 11.6 Å². The van der Waals surface area contributed by atoms with Crippen LogP contribution in [0.2, 0.25) is 5.02 Å². The molecule has 7 rings (SSSR count). The molecule has 0 aliphatic carbocycles. The molecule has 1 unspecified atom stereocenters. The van der Waals surface area contributed by atoms with Gasteiger partial charge in [0.25, 0.3) is 5.69 Å². The van der Waals surface area contributed by atoms with E-state index in [1.165, 1.54) is 31.0 Å². The number of methoxy groups -OCH3 is 1. The molecule has 1 N–H and O–H groups in total. The van der Waals surface area contributed by atoms with E-state index in [-0.39, 0.29) is 29.1 Å². The fourth-order valence-corrected chi connectivity index (χ4v) is 7.79. The van der Waals surface area contributed by atoms with Gasteiger partial charge in [-0.1, -0.05) is 66.2 Å². The molecule has 0 spiro atoms. The maximum Gasteiger partial charge on any atom is 0.350 e. The summed E-state index contributed by atoms with van der Waals surface area (Å²) in [5.74, 6) is -2.11. The third kappa shape index (κ3) is 11.3. The van der Waals surface area contributed by atoms with Gasteiger partial charge in [0.05, 0.1) is 29.1 Å². The largest absolute Gasteiger partial charge is 0.466 e. The molecule has 0 amide bonds. The number of ether oxygens (including phenoxy) is 2. The van der Waals surface area contributed by atoms with Crippen LogP contribution in [0.25, 0.3) is 5.65 Å². The molecule has 1 saturated heterocycles. The van der Waals surface area contributed by atoms with Crippen LogP contribution in [-0.4, -0.2) is 101 Å². The van der Waals surface area contributed by atoms with Crippen LogP contribution in [0.5, 0.6) is 0 Å². The van der Waals surface area contributed by atoms with E-state index < -0.39 is 22.8 Å². The van der Waals surface area contributed by atoms with Crippen molar-refractivity contribution in [2.75, 3.05) is 64.9 Å². The van der Waals surface area contributed by atoms with E-state index in [0.717, 1.165) is 49.7 Å². The number of hydrogen-bond acceptors (Lipinski definition) is 12. The molecule has 61 heavy (non-hydrogen) atoms. The van der Waals surface area contributed by atoms with Crippen molar-refractivity contribution < 1.29 is 24.0 Å². The molecule has 2 aromatic heterocycles. The molecule has 320 valence electrons. The number of carbonyl (C=O) groups is 2. The maximum atomic E-state index is 13.3. The van der Waals surface area contributed by atoms with Gasteiger partial charge in [0.15, 0.2) is 5.65 Å². The minimum atomic E-state index is -0.877. The molecule has 4 heterocycles. The number of allylic oxidation sites excluding steroid dienone is 2. The quantitative estimate of drug-likeness (QED) is 0.0787. The Kier molecular flexibility index (Phi) is 15.1. The number of nitrogens with one attached hydrogen (secondary N) is 1. The van der Waals surface area contributed by atoms with Gasteiger partial charge in [0.2, 0.25) is 0 Å². The van der Waals surface area contributed by atoms with Crippen molar-refractivity contribution in [3.05, 3.63) is 163 Å². The Morgan fingerprint density at radius 1 is 0.902 bits per heavy atom. The number of non-ortho nitro benzene ring substituents is 1. The lowest BCUT2D eigenvalue weighted by atomic mass is 9.80. The highest BCUT2D eigenvalue weighted by atomic mass is 35.5. The Morgan fingerprint density at radius 3 is 2.30 bits per heavy atom. The number of benzene rings is 3. The van der Waals surface area contributed by atoms with Crippen molar-refractivity contribution in [1.82, 2.24) is 29.3 Å². The van der Waals surface area contributed by atoms with Crippen molar-refractivity contribution in [3.8, 4) is 0 Å². The zero-order valence-corrected chi connectivity index (χ0v) is 35.6. The van der Waals surface area contributed by atoms with Gasteiger partial charge in [0.1, 0.15) is 6.61 Å². The number of pyridine rings is 1. The van der Waals surface area contributed by atoms with Crippen LogP contribution in [0.4, 0.5) is 11.4 Å². The second-order valence-electron chi connectivity index (χ2n) is 14.9. The standard InChI is InChI=1S/C26H29N3O6.C19H22ClN5O/c1-17-22(25(30)34-4)24(20-11-8-12-21(15-20)29(32)33)23(18(2)27-17)26(31)35-14-13-28(3)16-19-9-6-5-7-10-19;20-16-5-3-6-17(15-16)23-13-11-22(12-14-23)8-4-10-25-19(26)24-9-2-1-7-18(24)21-25/h5-12,15,24,27H,13-14,16H2,1-4H3;1-3,5-7,9,15H,4,8,10-14H2. The van der Waals surface area contributed by atoms with E-state index in [4.69, 9.17) is 21.1 Å². The number of dihydropyridines is 1. The predicted octanol–water partition coefficient (Wildman–Crippen LogP) is 6.04. The Hall–Kier alpha value is -6.29. The van der Waals surface area contributed by atoms with Crippen molar-refractivity contribution in [2.45, 2.75) is 39.3 Å². The van der Waals surface area contributed by atoms with Gasteiger partial charge in [-0.2, -0.15) is 0 Å². The number of rotatable bonds is 14. The van der Waals surface area contributed by atoms with Gasteiger partial charge < -0.3 is 19.7 Å². The van der Waals surface area contributed by atoms with Crippen molar-refractivity contribution in [1.29, 1.82) is 0 Å². The van der Waals surface area contributed by atoms with Crippen molar-refractivity contribution >= 4 is 40.6 Å². The Balaban J connectivity index is 0.000000212. The highest BCUT2D eigenvalue weighted by Gasteiger charge is 2.38. The molecule has 2 aliphatic rings. The predicted molar refractivity (Wildman–Crippen MR) is 234 cm³/mol. The fraction of sp³-hybridized carbons (Fsp3) is 0.333. The third-order valence-electron chi connectivity index (χ3n) is 10.7. The number of piperazine rings is 1. The van der Waals surface area contributed by atoms with Crippen LogP contribution < -0.4 is 15.9 Å². The van der Waals surface area contributed by atoms with Gasteiger partial charge in [-0.15, -0.1) is 5.10 Å².